The topological polar surface area (TPSA) is 15.3 Å². The van der Waals surface area contributed by atoms with Gasteiger partial charge in [0, 0.05) is 24.2 Å². The van der Waals surface area contributed by atoms with E-state index in [1.54, 1.807) is 0 Å². The van der Waals surface area contributed by atoms with Crippen molar-refractivity contribution in [3.8, 4) is 0 Å². The van der Waals surface area contributed by atoms with Crippen LogP contribution in [0.5, 0.6) is 0 Å². The van der Waals surface area contributed by atoms with E-state index in [2.05, 4.69) is 30.1 Å². The van der Waals surface area contributed by atoms with Gasteiger partial charge in [0.1, 0.15) is 0 Å². The third-order valence-corrected chi connectivity index (χ3v) is 3.85. The summed E-state index contributed by atoms with van der Waals surface area (Å²) >= 11 is 6.09. The van der Waals surface area contributed by atoms with E-state index in [4.69, 9.17) is 11.6 Å². The van der Waals surface area contributed by atoms with Crippen molar-refractivity contribution in [1.82, 2.24) is 0 Å². The SMILES string of the molecule is CC1(C)CNc2cc(Cl)ccc2N(C2CC2)C1. The Morgan fingerprint density at radius 3 is 2.82 bits per heavy atom. The first kappa shape index (κ1) is 11.2. The Kier molecular flexibility index (Phi) is 2.51. The number of rotatable bonds is 1. The molecule has 2 aliphatic rings. The molecule has 1 heterocycles. The van der Waals surface area contributed by atoms with Gasteiger partial charge in [0.15, 0.2) is 0 Å². The zero-order chi connectivity index (χ0) is 12.0. The van der Waals surface area contributed by atoms with Crippen LogP contribution in [0.15, 0.2) is 18.2 Å². The van der Waals surface area contributed by atoms with Crippen LogP contribution in [0, 0.1) is 5.41 Å². The molecule has 1 N–H and O–H groups in total. The Hall–Kier alpha value is -0.890. The van der Waals surface area contributed by atoms with Gasteiger partial charge >= 0.3 is 0 Å². The minimum atomic E-state index is 0.300. The molecule has 1 aliphatic carbocycles. The van der Waals surface area contributed by atoms with Crippen molar-refractivity contribution in [2.45, 2.75) is 32.7 Å². The number of anilines is 2. The summed E-state index contributed by atoms with van der Waals surface area (Å²) in [6, 6.07) is 6.95. The standard InChI is InChI=1S/C14H19ClN2/c1-14(2)8-16-12-7-10(15)3-6-13(12)17(9-14)11-4-5-11/h3,6-7,11,16H,4-5,8-9H2,1-2H3. The quantitative estimate of drug-likeness (QED) is 0.817. The molecular weight excluding hydrogens is 232 g/mol. The van der Waals surface area contributed by atoms with E-state index in [9.17, 15) is 0 Å². The van der Waals surface area contributed by atoms with Crippen LogP contribution in [0.4, 0.5) is 11.4 Å². The number of hydrogen-bond donors (Lipinski definition) is 1. The smallest absolute Gasteiger partial charge is 0.0605 e. The molecule has 0 radical (unpaired) electrons. The Bertz CT molecular complexity index is 438. The number of hydrogen-bond acceptors (Lipinski definition) is 2. The van der Waals surface area contributed by atoms with Crippen molar-refractivity contribution in [3.05, 3.63) is 23.2 Å². The molecule has 2 nitrogen and oxygen atoms in total. The molecule has 1 aromatic carbocycles. The fourth-order valence-electron chi connectivity index (χ4n) is 2.55. The van der Waals surface area contributed by atoms with Crippen molar-refractivity contribution in [1.29, 1.82) is 0 Å². The number of benzene rings is 1. The Morgan fingerprint density at radius 1 is 1.35 bits per heavy atom. The van der Waals surface area contributed by atoms with Crippen molar-refractivity contribution in [2.75, 3.05) is 23.3 Å². The first-order chi connectivity index (χ1) is 8.05. The number of nitrogens with zero attached hydrogens (tertiary/aromatic N) is 1. The van der Waals surface area contributed by atoms with Crippen LogP contribution in [-0.2, 0) is 0 Å². The number of fused-ring (bicyclic) bond motifs is 1. The second-order valence-corrected chi connectivity index (χ2v) is 6.47. The van der Waals surface area contributed by atoms with Gasteiger partial charge in [-0.25, -0.2) is 0 Å². The third-order valence-electron chi connectivity index (χ3n) is 3.61. The Balaban J connectivity index is 2.01. The van der Waals surface area contributed by atoms with E-state index in [-0.39, 0.29) is 0 Å². The normalized spacial score (nSPS) is 22.6. The summed E-state index contributed by atoms with van der Waals surface area (Å²) in [5, 5.41) is 4.35. The minimum absolute atomic E-state index is 0.300. The molecule has 0 spiro atoms. The van der Waals surface area contributed by atoms with Crippen LogP contribution in [0.3, 0.4) is 0 Å². The van der Waals surface area contributed by atoms with Gasteiger partial charge in [0.2, 0.25) is 0 Å². The van der Waals surface area contributed by atoms with Crippen LogP contribution in [0.1, 0.15) is 26.7 Å². The molecule has 1 saturated carbocycles. The average molecular weight is 251 g/mol. The maximum absolute atomic E-state index is 6.09. The predicted molar refractivity (Wildman–Crippen MR) is 74.1 cm³/mol. The van der Waals surface area contributed by atoms with E-state index < -0.39 is 0 Å². The summed E-state index contributed by atoms with van der Waals surface area (Å²) in [5.74, 6) is 0. The molecule has 17 heavy (non-hydrogen) atoms. The van der Waals surface area contributed by atoms with E-state index in [0.717, 1.165) is 24.2 Å². The summed E-state index contributed by atoms with van der Waals surface area (Å²) in [6.45, 7) is 6.77. The van der Waals surface area contributed by atoms with Gasteiger partial charge in [-0.15, -0.1) is 0 Å². The van der Waals surface area contributed by atoms with E-state index >= 15 is 0 Å². The first-order valence-corrected chi connectivity index (χ1v) is 6.73. The second-order valence-electron chi connectivity index (χ2n) is 6.04. The van der Waals surface area contributed by atoms with Crippen molar-refractivity contribution < 1.29 is 0 Å². The Labute approximate surface area is 108 Å². The van der Waals surface area contributed by atoms with Crippen molar-refractivity contribution in [2.24, 2.45) is 5.41 Å². The second kappa shape index (κ2) is 3.81. The van der Waals surface area contributed by atoms with Crippen molar-refractivity contribution in [3.63, 3.8) is 0 Å². The summed E-state index contributed by atoms with van der Waals surface area (Å²) in [6.07, 6.45) is 2.66. The highest BCUT2D eigenvalue weighted by atomic mass is 35.5. The van der Waals surface area contributed by atoms with Crippen LogP contribution < -0.4 is 10.2 Å². The van der Waals surface area contributed by atoms with Crippen LogP contribution >= 0.6 is 11.6 Å². The van der Waals surface area contributed by atoms with E-state index in [1.807, 2.05) is 12.1 Å². The summed E-state index contributed by atoms with van der Waals surface area (Å²) in [5.41, 5.74) is 2.81. The highest BCUT2D eigenvalue weighted by Gasteiger charge is 2.36. The van der Waals surface area contributed by atoms with Crippen molar-refractivity contribution >= 4 is 23.0 Å². The summed E-state index contributed by atoms with van der Waals surface area (Å²) in [4.78, 5) is 2.56. The number of halogens is 1. The lowest BCUT2D eigenvalue weighted by Gasteiger charge is -2.31. The zero-order valence-electron chi connectivity index (χ0n) is 10.5. The number of nitrogens with one attached hydrogen (secondary N) is 1. The zero-order valence-corrected chi connectivity index (χ0v) is 11.2. The average Bonchev–Trinajstić information content (AvgIpc) is 3.07. The fraction of sp³-hybridized carbons (Fsp3) is 0.571. The predicted octanol–water partition coefficient (Wildman–Crippen LogP) is 3.76. The molecule has 0 unspecified atom stereocenters. The van der Waals surface area contributed by atoms with Gasteiger partial charge < -0.3 is 10.2 Å². The fourth-order valence-corrected chi connectivity index (χ4v) is 2.72. The third kappa shape index (κ3) is 2.23. The van der Waals surface area contributed by atoms with Gasteiger partial charge in [0.25, 0.3) is 0 Å². The van der Waals surface area contributed by atoms with Gasteiger partial charge in [-0.2, -0.15) is 0 Å². The van der Waals surface area contributed by atoms with Crippen LogP contribution in [0.2, 0.25) is 5.02 Å². The highest BCUT2D eigenvalue weighted by Crippen LogP contribution is 2.41. The van der Waals surface area contributed by atoms with Gasteiger partial charge in [0.05, 0.1) is 11.4 Å². The molecule has 0 aromatic heterocycles. The van der Waals surface area contributed by atoms with Crippen LogP contribution in [0.25, 0.3) is 0 Å². The molecule has 0 saturated heterocycles. The highest BCUT2D eigenvalue weighted by molar-refractivity contribution is 6.31. The van der Waals surface area contributed by atoms with E-state index in [1.165, 1.54) is 24.2 Å². The Morgan fingerprint density at radius 2 is 2.12 bits per heavy atom. The molecule has 3 rings (SSSR count). The van der Waals surface area contributed by atoms with Gasteiger partial charge in [-0.3, -0.25) is 0 Å². The molecule has 1 aromatic rings. The van der Waals surface area contributed by atoms with Gasteiger partial charge in [-0.1, -0.05) is 25.4 Å². The lowest BCUT2D eigenvalue weighted by molar-refractivity contribution is 0.394. The molecule has 0 amide bonds. The summed E-state index contributed by atoms with van der Waals surface area (Å²) in [7, 11) is 0. The molecule has 0 bridgehead atoms. The van der Waals surface area contributed by atoms with Crippen LogP contribution in [-0.4, -0.2) is 19.1 Å². The maximum atomic E-state index is 6.09. The van der Waals surface area contributed by atoms with Gasteiger partial charge in [-0.05, 0) is 36.5 Å². The largest absolute Gasteiger partial charge is 0.383 e. The molecular formula is C14H19ClN2. The maximum Gasteiger partial charge on any atom is 0.0605 e. The monoisotopic (exact) mass is 250 g/mol. The molecule has 1 aliphatic heterocycles. The molecule has 92 valence electrons. The van der Waals surface area contributed by atoms with E-state index in [0.29, 0.717) is 5.41 Å². The minimum Gasteiger partial charge on any atom is -0.383 e. The summed E-state index contributed by atoms with van der Waals surface area (Å²) < 4.78 is 0. The lowest BCUT2D eigenvalue weighted by atomic mass is 9.93. The molecule has 0 atom stereocenters. The first-order valence-electron chi connectivity index (χ1n) is 6.35. The molecule has 1 fully saturated rings. The lowest BCUT2D eigenvalue weighted by Crippen LogP contribution is -2.37. The molecule has 3 heteroatoms.